The molecule has 0 saturated heterocycles. The molecular weight excluding hydrogens is 238 g/mol. The molecule has 0 aliphatic rings. The summed E-state index contributed by atoms with van der Waals surface area (Å²) in [7, 11) is -1.20. The summed E-state index contributed by atoms with van der Waals surface area (Å²) < 4.78 is 27.4. The smallest absolute Gasteiger partial charge is 0.211 e. The van der Waals surface area contributed by atoms with Crippen LogP contribution in [0.25, 0.3) is 0 Å². The highest BCUT2D eigenvalue weighted by Gasteiger charge is 2.11. The molecule has 1 heterocycles. The second-order valence-electron chi connectivity index (χ2n) is 4.24. The Morgan fingerprint density at radius 1 is 1.35 bits per heavy atom. The fourth-order valence-corrected chi connectivity index (χ4v) is 2.95. The molecule has 98 valence electrons. The summed E-state index contributed by atoms with van der Waals surface area (Å²) in [5, 5.41) is 4.30. The van der Waals surface area contributed by atoms with Gasteiger partial charge in [0.1, 0.15) is 0 Å². The predicted molar refractivity (Wildman–Crippen MR) is 68.5 cm³/mol. The number of nitrogens with one attached hydrogen (secondary N) is 1. The minimum absolute atomic E-state index is 0.192. The molecule has 17 heavy (non-hydrogen) atoms. The van der Waals surface area contributed by atoms with Crippen molar-refractivity contribution in [2.75, 3.05) is 12.3 Å². The van der Waals surface area contributed by atoms with Crippen molar-refractivity contribution in [3.05, 3.63) is 17.0 Å². The van der Waals surface area contributed by atoms with Crippen LogP contribution in [0.3, 0.4) is 0 Å². The van der Waals surface area contributed by atoms with E-state index in [0.29, 0.717) is 19.4 Å². The van der Waals surface area contributed by atoms with Gasteiger partial charge >= 0.3 is 0 Å². The van der Waals surface area contributed by atoms with Gasteiger partial charge in [-0.2, -0.15) is 5.10 Å². The quantitative estimate of drug-likeness (QED) is 0.826. The van der Waals surface area contributed by atoms with E-state index in [1.54, 1.807) is 0 Å². The maximum absolute atomic E-state index is 11.5. The Morgan fingerprint density at radius 2 is 2.00 bits per heavy atom. The van der Waals surface area contributed by atoms with Crippen LogP contribution in [0.4, 0.5) is 0 Å². The molecule has 6 heteroatoms. The summed E-state index contributed by atoms with van der Waals surface area (Å²) in [4.78, 5) is 0. The molecule has 0 radical (unpaired) electrons. The van der Waals surface area contributed by atoms with Crippen LogP contribution in [-0.2, 0) is 23.5 Å². The van der Waals surface area contributed by atoms with Gasteiger partial charge < -0.3 is 0 Å². The summed E-state index contributed by atoms with van der Waals surface area (Å²) in [6, 6.07) is 0. The molecule has 5 nitrogen and oxygen atoms in total. The first kappa shape index (κ1) is 14.2. The number of aryl methyl sites for hydroxylation is 2. The van der Waals surface area contributed by atoms with E-state index < -0.39 is 10.0 Å². The monoisotopic (exact) mass is 259 g/mol. The van der Waals surface area contributed by atoms with Gasteiger partial charge in [0.2, 0.25) is 10.0 Å². The number of rotatable bonds is 6. The average molecular weight is 259 g/mol. The molecule has 0 aliphatic carbocycles. The topological polar surface area (TPSA) is 64.0 Å². The lowest BCUT2D eigenvalue weighted by atomic mass is 10.1. The predicted octanol–water partition coefficient (Wildman–Crippen LogP) is 0.909. The van der Waals surface area contributed by atoms with Gasteiger partial charge in [-0.1, -0.05) is 6.92 Å². The van der Waals surface area contributed by atoms with E-state index in [1.165, 1.54) is 0 Å². The minimum atomic E-state index is -3.10. The van der Waals surface area contributed by atoms with E-state index in [2.05, 4.69) is 9.82 Å². The third kappa shape index (κ3) is 3.81. The SMILES string of the molecule is CCCS(=O)(=O)NCCc1c(C)nn(C)c1C. The first-order chi connectivity index (χ1) is 7.87. The van der Waals surface area contributed by atoms with Crippen LogP contribution in [0.1, 0.15) is 30.3 Å². The fourth-order valence-electron chi connectivity index (χ4n) is 1.85. The molecule has 0 spiro atoms. The maximum Gasteiger partial charge on any atom is 0.211 e. The molecule has 0 aromatic carbocycles. The molecule has 0 atom stereocenters. The van der Waals surface area contributed by atoms with Crippen molar-refractivity contribution in [3.8, 4) is 0 Å². The summed E-state index contributed by atoms with van der Waals surface area (Å²) in [5.41, 5.74) is 3.20. The third-order valence-electron chi connectivity index (χ3n) is 2.83. The Kier molecular flexibility index (Phi) is 4.70. The van der Waals surface area contributed by atoms with Gasteiger partial charge in [0.25, 0.3) is 0 Å². The number of nitrogens with zero attached hydrogens (tertiary/aromatic N) is 2. The van der Waals surface area contributed by atoms with Gasteiger partial charge in [0.15, 0.2) is 0 Å². The molecule has 1 aromatic heterocycles. The Morgan fingerprint density at radius 3 is 2.47 bits per heavy atom. The van der Waals surface area contributed by atoms with E-state index in [1.807, 2.05) is 32.5 Å². The minimum Gasteiger partial charge on any atom is -0.272 e. The van der Waals surface area contributed by atoms with E-state index in [0.717, 1.165) is 17.0 Å². The summed E-state index contributed by atoms with van der Waals surface area (Å²) in [6.45, 7) is 6.24. The highest BCUT2D eigenvalue weighted by molar-refractivity contribution is 7.89. The molecule has 0 unspecified atom stereocenters. The lowest BCUT2D eigenvalue weighted by Crippen LogP contribution is -2.28. The van der Waals surface area contributed by atoms with Crippen LogP contribution in [0, 0.1) is 13.8 Å². The van der Waals surface area contributed by atoms with Crippen molar-refractivity contribution in [2.24, 2.45) is 7.05 Å². The van der Waals surface area contributed by atoms with Crippen molar-refractivity contribution in [3.63, 3.8) is 0 Å². The highest BCUT2D eigenvalue weighted by atomic mass is 32.2. The Labute approximate surface area is 103 Å². The maximum atomic E-state index is 11.5. The van der Waals surface area contributed by atoms with Crippen LogP contribution >= 0.6 is 0 Å². The Balaban J connectivity index is 2.57. The summed E-state index contributed by atoms with van der Waals surface area (Å²) in [5.74, 6) is 0.192. The second-order valence-corrected chi connectivity index (χ2v) is 6.16. The largest absolute Gasteiger partial charge is 0.272 e. The van der Waals surface area contributed by atoms with Gasteiger partial charge in [0, 0.05) is 19.3 Å². The van der Waals surface area contributed by atoms with Gasteiger partial charge in [-0.25, -0.2) is 13.1 Å². The first-order valence-corrected chi connectivity index (χ1v) is 7.49. The summed E-state index contributed by atoms with van der Waals surface area (Å²) >= 11 is 0. The van der Waals surface area contributed by atoms with Crippen LogP contribution in [0.15, 0.2) is 0 Å². The Bertz CT molecular complexity index is 477. The zero-order chi connectivity index (χ0) is 13.1. The van der Waals surface area contributed by atoms with Crippen molar-refractivity contribution < 1.29 is 8.42 Å². The van der Waals surface area contributed by atoms with E-state index in [4.69, 9.17) is 0 Å². The van der Waals surface area contributed by atoms with Crippen LogP contribution < -0.4 is 4.72 Å². The fraction of sp³-hybridized carbons (Fsp3) is 0.727. The number of hydrogen-bond donors (Lipinski definition) is 1. The van der Waals surface area contributed by atoms with Crippen LogP contribution in [0.2, 0.25) is 0 Å². The van der Waals surface area contributed by atoms with Gasteiger partial charge in [-0.05, 0) is 32.3 Å². The Hall–Kier alpha value is -0.880. The normalized spacial score (nSPS) is 12.0. The second kappa shape index (κ2) is 5.64. The number of sulfonamides is 1. The van der Waals surface area contributed by atoms with Crippen molar-refractivity contribution in [1.29, 1.82) is 0 Å². The molecular formula is C11H21N3O2S. The molecule has 0 aliphatic heterocycles. The highest BCUT2D eigenvalue weighted by Crippen LogP contribution is 2.11. The summed E-state index contributed by atoms with van der Waals surface area (Å²) in [6.07, 6.45) is 1.33. The molecule has 1 aromatic rings. The van der Waals surface area contributed by atoms with Gasteiger partial charge in [0.05, 0.1) is 11.4 Å². The standard InChI is InChI=1S/C11H21N3O2S/c1-5-8-17(15,16)12-7-6-11-9(2)13-14(4)10(11)3/h12H,5-8H2,1-4H3. The first-order valence-electron chi connectivity index (χ1n) is 5.83. The lowest BCUT2D eigenvalue weighted by Gasteiger charge is -2.05. The molecule has 0 fully saturated rings. The molecule has 1 N–H and O–H groups in total. The number of hydrogen-bond acceptors (Lipinski definition) is 3. The van der Waals surface area contributed by atoms with Gasteiger partial charge in [-0.15, -0.1) is 0 Å². The van der Waals surface area contributed by atoms with Crippen LogP contribution in [0.5, 0.6) is 0 Å². The molecule has 1 rings (SSSR count). The van der Waals surface area contributed by atoms with Crippen molar-refractivity contribution >= 4 is 10.0 Å². The molecule has 0 amide bonds. The molecule has 0 saturated carbocycles. The zero-order valence-corrected chi connectivity index (χ0v) is 11.8. The van der Waals surface area contributed by atoms with E-state index in [-0.39, 0.29) is 5.75 Å². The van der Waals surface area contributed by atoms with E-state index in [9.17, 15) is 8.42 Å². The van der Waals surface area contributed by atoms with E-state index >= 15 is 0 Å². The van der Waals surface area contributed by atoms with Crippen molar-refractivity contribution in [1.82, 2.24) is 14.5 Å². The zero-order valence-electron chi connectivity index (χ0n) is 10.9. The van der Waals surface area contributed by atoms with Crippen LogP contribution in [-0.4, -0.2) is 30.5 Å². The lowest BCUT2D eigenvalue weighted by molar-refractivity contribution is 0.580. The average Bonchev–Trinajstić information content (AvgIpc) is 2.44. The third-order valence-corrected chi connectivity index (χ3v) is 4.42. The number of aromatic nitrogens is 2. The van der Waals surface area contributed by atoms with Crippen molar-refractivity contribution in [2.45, 2.75) is 33.6 Å². The van der Waals surface area contributed by atoms with Gasteiger partial charge in [-0.3, -0.25) is 4.68 Å². The molecule has 0 bridgehead atoms.